The molecule has 0 aliphatic carbocycles. The van der Waals surface area contributed by atoms with Gasteiger partial charge in [0.05, 0.1) is 0 Å². The highest BCUT2D eigenvalue weighted by Crippen LogP contribution is 2.36. The first-order chi connectivity index (χ1) is 9.20. The van der Waals surface area contributed by atoms with Crippen LogP contribution in [0, 0.1) is 0 Å². The van der Waals surface area contributed by atoms with Gasteiger partial charge in [-0.1, -0.05) is 18.7 Å². The lowest BCUT2D eigenvalue weighted by molar-refractivity contribution is 0.622. The van der Waals surface area contributed by atoms with E-state index in [2.05, 4.69) is 33.7 Å². The molecule has 0 spiro atoms. The molecule has 1 fully saturated rings. The van der Waals surface area contributed by atoms with E-state index in [9.17, 15) is 0 Å². The van der Waals surface area contributed by atoms with Gasteiger partial charge in [-0.15, -0.1) is 11.3 Å². The van der Waals surface area contributed by atoms with Crippen molar-refractivity contribution in [3.05, 3.63) is 6.33 Å². The molecule has 1 aliphatic heterocycles. The quantitative estimate of drug-likeness (QED) is 0.794. The zero-order valence-corrected chi connectivity index (χ0v) is 13.6. The van der Waals surface area contributed by atoms with E-state index in [4.69, 9.17) is 0 Å². The molecule has 0 aromatic carbocycles. The number of aromatic nitrogens is 3. The second kappa shape index (κ2) is 5.46. The first-order valence-corrected chi connectivity index (χ1v) is 9.33. The number of fused-ring (bicyclic) bond motifs is 1. The molecule has 2 atom stereocenters. The van der Waals surface area contributed by atoms with Crippen molar-refractivity contribution >= 4 is 51.0 Å². The number of thiazole rings is 1. The molecule has 0 amide bonds. The summed E-state index contributed by atoms with van der Waals surface area (Å²) in [6.45, 7) is 5.62. The Morgan fingerprint density at radius 2 is 2.21 bits per heavy atom. The first-order valence-electron chi connectivity index (χ1n) is 6.24. The van der Waals surface area contributed by atoms with Crippen LogP contribution in [0.5, 0.6) is 0 Å². The van der Waals surface area contributed by atoms with Crippen LogP contribution in [0.3, 0.4) is 0 Å². The molecule has 2 unspecified atom stereocenters. The number of thioether (sulfide) groups is 2. The third-order valence-corrected chi connectivity index (χ3v) is 6.85. The van der Waals surface area contributed by atoms with Gasteiger partial charge in [-0.25, -0.2) is 15.0 Å². The van der Waals surface area contributed by atoms with E-state index < -0.39 is 0 Å². The van der Waals surface area contributed by atoms with Gasteiger partial charge >= 0.3 is 0 Å². The lowest BCUT2D eigenvalue weighted by Gasteiger charge is -2.38. The summed E-state index contributed by atoms with van der Waals surface area (Å²) in [5, 5.41) is 0.631. The van der Waals surface area contributed by atoms with Crippen molar-refractivity contribution in [2.75, 3.05) is 23.5 Å². The maximum Gasteiger partial charge on any atom is 0.176 e. The van der Waals surface area contributed by atoms with Crippen molar-refractivity contribution in [1.29, 1.82) is 0 Å². The Morgan fingerprint density at radius 1 is 1.37 bits per heavy atom. The van der Waals surface area contributed by atoms with Crippen molar-refractivity contribution in [2.24, 2.45) is 0 Å². The summed E-state index contributed by atoms with van der Waals surface area (Å²) in [6, 6.07) is 0.497. The lowest BCUT2D eigenvalue weighted by atomic mass is 10.2. The maximum atomic E-state index is 4.53. The van der Waals surface area contributed by atoms with Crippen molar-refractivity contribution in [2.45, 2.75) is 29.5 Å². The summed E-state index contributed by atoms with van der Waals surface area (Å²) in [7, 11) is 0. The Balaban J connectivity index is 2.06. The van der Waals surface area contributed by atoms with Gasteiger partial charge < -0.3 is 4.90 Å². The first kappa shape index (κ1) is 13.5. The molecule has 19 heavy (non-hydrogen) atoms. The standard InChI is InChI=1S/C12H16N4S3/c1-7-8(2)18-5-4-16(7)11-9-10(13-6-14-11)15-12(17-3)19-9/h6-8H,4-5H2,1-3H3. The van der Waals surface area contributed by atoms with Gasteiger partial charge in [0.2, 0.25) is 0 Å². The predicted octanol–water partition coefficient (Wildman–Crippen LogP) is 3.14. The van der Waals surface area contributed by atoms with Crippen molar-refractivity contribution in [1.82, 2.24) is 15.0 Å². The van der Waals surface area contributed by atoms with E-state index in [1.54, 1.807) is 29.4 Å². The summed E-state index contributed by atoms with van der Waals surface area (Å²) < 4.78 is 2.18. The number of nitrogens with zero attached hydrogens (tertiary/aromatic N) is 4. The van der Waals surface area contributed by atoms with Crippen LogP contribution in [0.4, 0.5) is 5.82 Å². The van der Waals surface area contributed by atoms with Crippen LogP contribution in [0.25, 0.3) is 10.3 Å². The maximum absolute atomic E-state index is 4.53. The van der Waals surface area contributed by atoms with Crippen LogP contribution in [0.1, 0.15) is 13.8 Å². The fourth-order valence-corrected chi connectivity index (χ4v) is 4.86. The van der Waals surface area contributed by atoms with Gasteiger partial charge in [0, 0.05) is 23.6 Å². The minimum atomic E-state index is 0.497. The Morgan fingerprint density at radius 3 is 3.00 bits per heavy atom. The Kier molecular flexibility index (Phi) is 3.86. The monoisotopic (exact) mass is 312 g/mol. The van der Waals surface area contributed by atoms with Crippen molar-refractivity contribution in [3.8, 4) is 0 Å². The van der Waals surface area contributed by atoms with Crippen LogP contribution in [0.15, 0.2) is 10.7 Å². The zero-order chi connectivity index (χ0) is 13.4. The number of anilines is 1. The third kappa shape index (κ3) is 2.43. The molecular weight excluding hydrogens is 296 g/mol. The second-order valence-electron chi connectivity index (χ2n) is 4.54. The molecule has 102 valence electrons. The summed E-state index contributed by atoms with van der Waals surface area (Å²) in [5.74, 6) is 2.22. The summed E-state index contributed by atoms with van der Waals surface area (Å²) in [6.07, 6.45) is 3.69. The molecule has 0 saturated carbocycles. The summed E-state index contributed by atoms with van der Waals surface area (Å²) >= 11 is 5.41. The summed E-state index contributed by atoms with van der Waals surface area (Å²) in [5.41, 5.74) is 0.831. The van der Waals surface area contributed by atoms with Crippen molar-refractivity contribution < 1.29 is 0 Å². The van der Waals surface area contributed by atoms with Gasteiger partial charge in [-0.2, -0.15) is 11.8 Å². The van der Waals surface area contributed by atoms with E-state index in [0.717, 1.165) is 32.8 Å². The minimum absolute atomic E-state index is 0.497. The topological polar surface area (TPSA) is 41.9 Å². The Labute approximate surface area is 125 Å². The Hall–Kier alpha value is -0.530. The molecule has 0 bridgehead atoms. The molecule has 2 aromatic rings. The van der Waals surface area contributed by atoms with Crippen LogP contribution >= 0.6 is 34.9 Å². The molecule has 3 heterocycles. The molecule has 1 aliphatic rings. The van der Waals surface area contributed by atoms with E-state index in [1.807, 2.05) is 18.0 Å². The predicted molar refractivity (Wildman–Crippen MR) is 85.7 cm³/mol. The SMILES string of the molecule is CSc1nc2ncnc(N3CCSC(C)C3C)c2s1. The number of rotatable bonds is 2. The van der Waals surface area contributed by atoms with Gasteiger partial charge in [-0.3, -0.25) is 0 Å². The number of hydrogen-bond acceptors (Lipinski definition) is 7. The fraction of sp³-hybridized carbons (Fsp3) is 0.583. The molecule has 0 radical (unpaired) electrons. The Bertz CT molecular complexity index is 585. The fourth-order valence-electron chi connectivity index (χ4n) is 2.25. The minimum Gasteiger partial charge on any atom is -0.351 e. The van der Waals surface area contributed by atoms with Crippen LogP contribution < -0.4 is 4.90 Å². The second-order valence-corrected chi connectivity index (χ2v) is 8.08. The molecule has 7 heteroatoms. The molecule has 0 N–H and O–H groups in total. The smallest absolute Gasteiger partial charge is 0.176 e. The van der Waals surface area contributed by atoms with Crippen molar-refractivity contribution in [3.63, 3.8) is 0 Å². The molecule has 3 rings (SSSR count). The highest BCUT2D eigenvalue weighted by atomic mass is 32.2. The highest BCUT2D eigenvalue weighted by Gasteiger charge is 2.28. The molecule has 2 aromatic heterocycles. The van der Waals surface area contributed by atoms with E-state index in [1.165, 1.54) is 0 Å². The van der Waals surface area contributed by atoms with E-state index in [-0.39, 0.29) is 0 Å². The summed E-state index contributed by atoms with van der Waals surface area (Å²) in [4.78, 5) is 15.8. The average Bonchev–Trinajstić information content (AvgIpc) is 2.85. The third-order valence-electron chi connectivity index (χ3n) is 3.48. The van der Waals surface area contributed by atoms with E-state index >= 15 is 0 Å². The number of hydrogen-bond donors (Lipinski definition) is 0. The van der Waals surface area contributed by atoms with E-state index in [0.29, 0.717) is 11.3 Å². The lowest BCUT2D eigenvalue weighted by Crippen LogP contribution is -2.45. The molecule has 4 nitrogen and oxygen atoms in total. The zero-order valence-electron chi connectivity index (χ0n) is 11.2. The normalized spacial score (nSPS) is 24.1. The molecule has 1 saturated heterocycles. The average molecular weight is 312 g/mol. The van der Waals surface area contributed by atoms with Crippen LogP contribution in [-0.2, 0) is 0 Å². The van der Waals surface area contributed by atoms with Crippen LogP contribution in [0.2, 0.25) is 0 Å². The van der Waals surface area contributed by atoms with Crippen LogP contribution in [-0.4, -0.2) is 44.8 Å². The molecular formula is C12H16N4S3. The van der Waals surface area contributed by atoms with Gasteiger partial charge in [-0.05, 0) is 13.2 Å². The van der Waals surface area contributed by atoms with Gasteiger partial charge in [0.1, 0.15) is 11.0 Å². The highest BCUT2D eigenvalue weighted by molar-refractivity contribution is 8.00. The largest absolute Gasteiger partial charge is 0.351 e. The van der Waals surface area contributed by atoms with Gasteiger partial charge in [0.15, 0.2) is 15.8 Å². The van der Waals surface area contributed by atoms with Gasteiger partial charge in [0.25, 0.3) is 0 Å².